The third kappa shape index (κ3) is 2.50. The molecule has 0 aromatic carbocycles. The summed E-state index contributed by atoms with van der Waals surface area (Å²) in [5, 5.41) is 0. The molecule has 1 fully saturated rings. The van der Waals surface area contributed by atoms with Crippen LogP contribution in [0.4, 0.5) is 0 Å². The monoisotopic (exact) mass is 154 g/mol. The largest absolute Gasteiger partial charge is 0.0654 e. The first-order valence-corrected chi connectivity index (χ1v) is 5.24. The zero-order chi connectivity index (χ0) is 8.27. The topological polar surface area (TPSA) is 0 Å². The lowest BCUT2D eigenvalue weighted by atomic mass is 9.74. The first-order valence-electron chi connectivity index (χ1n) is 5.24. The van der Waals surface area contributed by atoms with Gasteiger partial charge in [-0.2, -0.15) is 0 Å². The maximum Gasteiger partial charge on any atom is -0.0386 e. The molecule has 0 saturated heterocycles. The van der Waals surface area contributed by atoms with Crippen LogP contribution in [0.1, 0.15) is 52.9 Å². The van der Waals surface area contributed by atoms with E-state index in [1.165, 1.54) is 32.1 Å². The van der Waals surface area contributed by atoms with Crippen molar-refractivity contribution >= 4 is 0 Å². The summed E-state index contributed by atoms with van der Waals surface area (Å²) in [5.41, 5.74) is 0. The van der Waals surface area contributed by atoms with Gasteiger partial charge in [-0.15, -0.1) is 0 Å². The minimum absolute atomic E-state index is 1.00. The van der Waals surface area contributed by atoms with Crippen LogP contribution in [0, 0.1) is 17.8 Å². The van der Waals surface area contributed by atoms with Gasteiger partial charge in [-0.05, 0) is 24.2 Å². The zero-order valence-electron chi connectivity index (χ0n) is 8.27. The molecule has 0 bridgehead atoms. The Kier molecular flexibility index (Phi) is 3.42. The average molecular weight is 154 g/mol. The van der Waals surface area contributed by atoms with Gasteiger partial charge in [-0.25, -0.2) is 0 Å². The molecule has 0 heterocycles. The lowest BCUT2D eigenvalue weighted by Crippen LogP contribution is -2.21. The van der Waals surface area contributed by atoms with Crippen molar-refractivity contribution in [2.75, 3.05) is 0 Å². The van der Waals surface area contributed by atoms with Crippen molar-refractivity contribution in [2.24, 2.45) is 17.8 Å². The van der Waals surface area contributed by atoms with Crippen LogP contribution in [-0.2, 0) is 0 Å². The second-order valence-corrected chi connectivity index (χ2v) is 4.44. The van der Waals surface area contributed by atoms with E-state index in [9.17, 15) is 0 Å². The van der Waals surface area contributed by atoms with Crippen LogP contribution in [0.5, 0.6) is 0 Å². The number of hydrogen-bond donors (Lipinski definition) is 0. The Bertz CT molecular complexity index is 107. The van der Waals surface area contributed by atoms with E-state index in [0.717, 1.165) is 17.8 Å². The van der Waals surface area contributed by atoms with Gasteiger partial charge < -0.3 is 0 Å². The highest BCUT2D eigenvalue weighted by Gasteiger charge is 2.24. The van der Waals surface area contributed by atoms with Crippen molar-refractivity contribution in [3.05, 3.63) is 0 Å². The van der Waals surface area contributed by atoms with Crippen molar-refractivity contribution in [3.8, 4) is 0 Å². The van der Waals surface area contributed by atoms with Crippen molar-refractivity contribution in [1.82, 2.24) is 0 Å². The Morgan fingerprint density at radius 3 is 2.55 bits per heavy atom. The minimum Gasteiger partial charge on any atom is -0.0654 e. The van der Waals surface area contributed by atoms with Crippen LogP contribution < -0.4 is 0 Å². The molecular weight excluding hydrogens is 132 g/mol. The minimum atomic E-state index is 1.00. The summed E-state index contributed by atoms with van der Waals surface area (Å²) in [6, 6.07) is 0. The van der Waals surface area contributed by atoms with Crippen LogP contribution in [0.2, 0.25) is 0 Å². The van der Waals surface area contributed by atoms with Crippen LogP contribution in [0.25, 0.3) is 0 Å². The van der Waals surface area contributed by atoms with Crippen LogP contribution in [0.3, 0.4) is 0 Å². The first kappa shape index (κ1) is 9.09. The Morgan fingerprint density at radius 1 is 1.18 bits per heavy atom. The molecule has 0 heteroatoms. The van der Waals surface area contributed by atoms with Gasteiger partial charge in [0.25, 0.3) is 0 Å². The van der Waals surface area contributed by atoms with E-state index in [2.05, 4.69) is 20.8 Å². The Labute approximate surface area is 71.4 Å². The van der Waals surface area contributed by atoms with Crippen molar-refractivity contribution in [1.29, 1.82) is 0 Å². The summed E-state index contributed by atoms with van der Waals surface area (Å²) < 4.78 is 0. The molecule has 0 aliphatic heterocycles. The molecule has 3 unspecified atom stereocenters. The normalized spacial score (nSPS) is 39.0. The molecule has 0 N–H and O–H groups in total. The highest BCUT2D eigenvalue weighted by atomic mass is 14.3. The molecule has 0 spiro atoms. The summed E-state index contributed by atoms with van der Waals surface area (Å²) in [4.78, 5) is 0. The molecule has 3 atom stereocenters. The van der Waals surface area contributed by atoms with E-state index >= 15 is 0 Å². The average Bonchev–Trinajstić information content (AvgIpc) is 1.98. The highest BCUT2D eigenvalue weighted by Crippen LogP contribution is 2.35. The van der Waals surface area contributed by atoms with Crippen LogP contribution in [-0.4, -0.2) is 0 Å². The third-order valence-electron chi connectivity index (χ3n) is 3.28. The van der Waals surface area contributed by atoms with Crippen molar-refractivity contribution in [3.63, 3.8) is 0 Å². The molecule has 0 amide bonds. The molecule has 0 aromatic rings. The van der Waals surface area contributed by atoms with Gasteiger partial charge in [0, 0.05) is 0 Å². The number of rotatable bonds is 2. The summed E-state index contributed by atoms with van der Waals surface area (Å²) in [5.74, 6) is 3.05. The van der Waals surface area contributed by atoms with Gasteiger partial charge in [-0.3, -0.25) is 0 Å². The van der Waals surface area contributed by atoms with Gasteiger partial charge in [0.1, 0.15) is 0 Å². The van der Waals surface area contributed by atoms with Crippen LogP contribution >= 0.6 is 0 Å². The second kappa shape index (κ2) is 4.13. The second-order valence-electron chi connectivity index (χ2n) is 4.44. The zero-order valence-corrected chi connectivity index (χ0v) is 8.27. The van der Waals surface area contributed by atoms with Crippen LogP contribution in [0.15, 0.2) is 0 Å². The molecule has 66 valence electrons. The Hall–Kier alpha value is 0. The molecular formula is C11H22. The molecule has 0 nitrogen and oxygen atoms in total. The predicted molar refractivity (Wildman–Crippen MR) is 50.6 cm³/mol. The predicted octanol–water partition coefficient (Wildman–Crippen LogP) is 3.86. The van der Waals surface area contributed by atoms with Gasteiger partial charge in [-0.1, -0.05) is 46.5 Å². The lowest BCUT2D eigenvalue weighted by molar-refractivity contribution is 0.192. The molecule has 11 heavy (non-hydrogen) atoms. The Balaban J connectivity index is 2.34. The van der Waals surface area contributed by atoms with E-state index in [1.807, 2.05) is 0 Å². The maximum absolute atomic E-state index is 2.44. The maximum atomic E-state index is 2.44. The fourth-order valence-electron chi connectivity index (χ4n) is 2.42. The summed E-state index contributed by atoms with van der Waals surface area (Å²) in [6.07, 6.45) is 7.29. The van der Waals surface area contributed by atoms with E-state index in [0.29, 0.717) is 0 Å². The molecule has 0 aromatic heterocycles. The van der Waals surface area contributed by atoms with Gasteiger partial charge in [0.2, 0.25) is 0 Å². The molecule has 1 aliphatic carbocycles. The SMILES string of the molecule is CCCC1CC(C)CCC1C. The summed E-state index contributed by atoms with van der Waals surface area (Å²) >= 11 is 0. The smallest absolute Gasteiger partial charge is 0.0386 e. The van der Waals surface area contributed by atoms with Gasteiger partial charge >= 0.3 is 0 Å². The quantitative estimate of drug-likeness (QED) is 0.566. The van der Waals surface area contributed by atoms with Gasteiger partial charge in [0.15, 0.2) is 0 Å². The van der Waals surface area contributed by atoms with Gasteiger partial charge in [0.05, 0.1) is 0 Å². The molecule has 1 aliphatic rings. The first-order chi connectivity index (χ1) is 5.24. The van der Waals surface area contributed by atoms with E-state index in [-0.39, 0.29) is 0 Å². The molecule has 1 saturated carbocycles. The van der Waals surface area contributed by atoms with Crippen molar-refractivity contribution in [2.45, 2.75) is 52.9 Å². The van der Waals surface area contributed by atoms with E-state index < -0.39 is 0 Å². The number of hydrogen-bond acceptors (Lipinski definition) is 0. The Morgan fingerprint density at radius 2 is 1.91 bits per heavy atom. The fourth-order valence-corrected chi connectivity index (χ4v) is 2.42. The van der Waals surface area contributed by atoms with E-state index in [1.54, 1.807) is 0 Å². The molecule has 0 radical (unpaired) electrons. The molecule has 1 rings (SSSR count). The standard InChI is InChI=1S/C11H22/c1-4-5-11-8-9(2)6-7-10(11)3/h9-11H,4-8H2,1-3H3. The van der Waals surface area contributed by atoms with E-state index in [4.69, 9.17) is 0 Å². The lowest BCUT2D eigenvalue weighted by Gasteiger charge is -2.32. The summed E-state index contributed by atoms with van der Waals surface area (Å²) in [6.45, 7) is 7.16. The summed E-state index contributed by atoms with van der Waals surface area (Å²) in [7, 11) is 0. The fraction of sp³-hybridized carbons (Fsp3) is 1.00. The van der Waals surface area contributed by atoms with Crippen molar-refractivity contribution < 1.29 is 0 Å². The highest BCUT2D eigenvalue weighted by molar-refractivity contribution is 4.75. The third-order valence-corrected chi connectivity index (χ3v) is 3.28.